The van der Waals surface area contributed by atoms with Gasteiger partial charge >= 0.3 is 11.9 Å². The molecular weight excluding hydrogens is 188 g/mol. The molecule has 0 radical (unpaired) electrons. The molecule has 0 spiro atoms. The van der Waals surface area contributed by atoms with E-state index in [0.29, 0.717) is 0 Å². The Morgan fingerprint density at radius 3 is 2.00 bits per heavy atom. The Morgan fingerprint density at radius 2 is 1.57 bits per heavy atom. The Bertz CT molecular complexity index is 258. The van der Waals surface area contributed by atoms with E-state index in [2.05, 4.69) is 9.47 Å². The number of aliphatic hydroxyl groups is 1. The third-order valence-corrected chi connectivity index (χ3v) is 1.39. The van der Waals surface area contributed by atoms with E-state index in [0.717, 1.165) is 13.2 Å². The first-order valence-electron chi connectivity index (χ1n) is 3.77. The van der Waals surface area contributed by atoms with Crippen LogP contribution in [0, 0.1) is 0 Å². The van der Waals surface area contributed by atoms with Gasteiger partial charge in [0, 0.05) is 5.57 Å². The number of allylic oxidation sites excluding steroid dienone is 2. The van der Waals surface area contributed by atoms with Crippen molar-refractivity contribution in [1.82, 2.24) is 0 Å². The maximum absolute atomic E-state index is 10.8. The molecule has 14 heavy (non-hydrogen) atoms. The molecule has 0 bridgehead atoms. The molecule has 0 atom stereocenters. The number of rotatable bonds is 3. The summed E-state index contributed by atoms with van der Waals surface area (Å²) >= 11 is 0. The van der Waals surface area contributed by atoms with Crippen LogP contribution in [0.15, 0.2) is 23.5 Å². The molecule has 0 heterocycles. The van der Waals surface area contributed by atoms with Crippen molar-refractivity contribution in [3.8, 4) is 0 Å². The fourth-order valence-corrected chi connectivity index (χ4v) is 0.606. The maximum Gasteiger partial charge on any atom is 0.373 e. The van der Waals surface area contributed by atoms with Crippen LogP contribution in [0.25, 0.3) is 0 Å². The first-order chi connectivity index (χ1) is 6.52. The van der Waals surface area contributed by atoms with Crippen LogP contribution in [0.2, 0.25) is 0 Å². The highest BCUT2D eigenvalue weighted by atomic mass is 16.5. The van der Waals surface area contributed by atoms with Gasteiger partial charge < -0.3 is 14.6 Å². The van der Waals surface area contributed by atoms with Gasteiger partial charge in [0.15, 0.2) is 0 Å². The molecular formula is C9H12O5. The largest absolute Gasteiger partial charge is 0.502 e. The Morgan fingerprint density at radius 1 is 1.07 bits per heavy atom. The van der Waals surface area contributed by atoms with Crippen LogP contribution in [0.4, 0.5) is 0 Å². The van der Waals surface area contributed by atoms with Crippen LogP contribution in [-0.2, 0) is 19.1 Å². The quantitative estimate of drug-likeness (QED) is 0.314. The van der Waals surface area contributed by atoms with Gasteiger partial charge in [0.1, 0.15) is 0 Å². The summed E-state index contributed by atoms with van der Waals surface area (Å²) in [6.07, 6.45) is 2.33. The number of aliphatic hydroxyl groups excluding tert-OH is 1. The van der Waals surface area contributed by atoms with E-state index in [1.807, 2.05) is 0 Å². The number of hydrogen-bond donors (Lipinski definition) is 1. The second-order valence-electron chi connectivity index (χ2n) is 2.38. The summed E-state index contributed by atoms with van der Waals surface area (Å²) in [6.45, 7) is 1.49. The average Bonchev–Trinajstić information content (AvgIpc) is 2.22. The van der Waals surface area contributed by atoms with E-state index in [1.165, 1.54) is 20.1 Å². The lowest BCUT2D eigenvalue weighted by Crippen LogP contribution is -2.04. The molecule has 0 saturated carbocycles. The minimum absolute atomic E-state index is 0.267. The predicted octanol–water partition coefficient (Wildman–Crippen LogP) is 0.721. The molecule has 0 aliphatic heterocycles. The molecule has 0 saturated heterocycles. The van der Waals surface area contributed by atoms with Gasteiger partial charge in [0.25, 0.3) is 0 Å². The summed E-state index contributed by atoms with van der Waals surface area (Å²) in [5, 5.41) is 9.01. The van der Waals surface area contributed by atoms with E-state index in [1.54, 1.807) is 0 Å². The minimum Gasteiger partial charge on any atom is -0.502 e. The Hall–Kier alpha value is -1.78. The summed E-state index contributed by atoms with van der Waals surface area (Å²) in [7, 11) is 2.38. The summed E-state index contributed by atoms with van der Waals surface area (Å²) in [5.74, 6) is -1.96. The second-order valence-corrected chi connectivity index (χ2v) is 2.38. The summed E-state index contributed by atoms with van der Waals surface area (Å²) < 4.78 is 8.63. The van der Waals surface area contributed by atoms with Crippen LogP contribution < -0.4 is 0 Å². The van der Waals surface area contributed by atoms with Gasteiger partial charge in [-0.1, -0.05) is 0 Å². The molecule has 0 rings (SSSR count). The first-order valence-corrected chi connectivity index (χ1v) is 3.77. The van der Waals surface area contributed by atoms with E-state index in [4.69, 9.17) is 5.11 Å². The van der Waals surface area contributed by atoms with Crippen molar-refractivity contribution >= 4 is 11.9 Å². The topological polar surface area (TPSA) is 72.8 Å². The normalized spacial score (nSPS) is 12.2. The Labute approximate surface area is 81.6 Å². The van der Waals surface area contributed by atoms with Gasteiger partial charge in [-0.25, -0.2) is 9.59 Å². The molecule has 78 valence electrons. The van der Waals surface area contributed by atoms with Crippen molar-refractivity contribution in [3.05, 3.63) is 23.5 Å². The van der Waals surface area contributed by atoms with Gasteiger partial charge in [-0.2, -0.15) is 0 Å². The third kappa shape index (κ3) is 3.75. The Balaban J connectivity index is 4.53. The van der Waals surface area contributed by atoms with Crippen LogP contribution in [-0.4, -0.2) is 31.3 Å². The van der Waals surface area contributed by atoms with E-state index in [-0.39, 0.29) is 5.57 Å². The summed E-state index contributed by atoms with van der Waals surface area (Å²) in [6, 6.07) is 0. The number of carbonyl (C=O) groups excluding carboxylic acids is 2. The lowest BCUT2D eigenvalue weighted by molar-refractivity contribution is -0.139. The molecule has 5 heteroatoms. The maximum atomic E-state index is 10.8. The molecule has 0 aromatic carbocycles. The van der Waals surface area contributed by atoms with E-state index in [9.17, 15) is 9.59 Å². The van der Waals surface area contributed by atoms with Crippen LogP contribution >= 0.6 is 0 Å². The van der Waals surface area contributed by atoms with Gasteiger partial charge in [-0.15, -0.1) is 0 Å². The van der Waals surface area contributed by atoms with Crippen LogP contribution in [0.1, 0.15) is 6.92 Å². The van der Waals surface area contributed by atoms with Gasteiger partial charge in [-0.3, -0.25) is 0 Å². The van der Waals surface area contributed by atoms with Crippen molar-refractivity contribution in [2.24, 2.45) is 0 Å². The zero-order valence-electron chi connectivity index (χ0n) is 8.23. The monoisotopic (exact) mass is 200 g/mol. The summed E-state index contributed by atoms with van der Waals surface area (Å²) in [5.41, 5.74) is 0.267. The van der Waals surface area contributed by atoms with Crippen molar-refractivity contribution in [1.29, 1.82) is 0 Å². The van der Waals surface area contributed by atoms with E-state index >= 15 is 0 Å². The number of hydrogen-bond acceptors (Lipinski definition) is 5. The summed E-state index contributed by atoms with van der Waals surface area (Å²) in [4.78, 5) is 21.5. The molecule has 0 aromatic rings. The predicted molar refractivity (Wildman–Crippen MR) is 48.5 cm³/mol. The molecule has 0 aromatic heterocycles. The number of ether oxygens (including phenoxy) is 2. The van der Waals surface area contributed by atoms with Crippen molar-refractivity contribution in [2.45, 2.75) is 6.92 Å². The molecule has 0 aliphatic rings. The fourth-order valence-electron chi connectivity index (χ4n) is 0.606. The molecule has 1 N–H and O–H groups in total. The van der Waals surface area contributed by atoms with Crippen molar-refractivity contribution in [3.63, 3.8) is 0 Å². The highest BCUT2D eigenvalue weighted by molar-refractivity contribution is 5.89. The Kier molecular flexibility index (Phi) is 5.06. The highest BCUT2D eigenvalue weighted by Crippen LogP contribution is 1.99. The standard InChI is InChI=1S/C9H12O5/c1-6(8(11)13-2)4-5-7(10)9(12)14-3/h4-5,10H,1-3H3/b6-4+,7-5-. The zero-order valence-corrected chi connectivity index (χ0v) is 8.23. The van der Waals surface area contributed by atoms with Gasteiger partial charge in [-0.05, 0) is 19.1 Å². The smallest absolute Gasteiger partial charge is 0.373 e. The average molecular weight is 200 g/mol. The molecule has 5 nitrogen and oxygen atoms in total. The number of esters is 2. The number of methoxy groups -OCH3 is 2. The lowest BCUT2D eigenvalue weighted by atomic mass is 10.2. The molecule has 0 unspecified atom stereocenters. The minimum atomic E-state index is -0.862. The molecule has 0 amide bonds. The van der Waals surface area contributed by atoms with Crippen molar-refractivity contribution in [2.75, 3.05) is 14.2 Å². The lowest BCUT2D eigenvalue weighted by Gasteiger charge is -1.97. The van der Waals surface area contributed by atoms with Crippen molar-refractivity contribution < 1.29 is 24.2 Å². The first kappa shape index (κ1) is 12.2. The SMILES string of the molecule is COC(=O)/C(O)=C/C=C(\C)C(=O)OC. The van der Waals surface area contributed by atoms with Gasteiger partial charge in [0.2, 0.25) is 5.76 Å². The highest BCUT2D eigenvalue weighted by Gasteiger charge is 2.06. The molecule has 0 aliphatic carbocycles. The van der Waals surface area contributed by atoms with Gasteiger partial charge in [0.05, 0.1) is 14.2 Å². The van der Waals surface area contributed by atoms with E-state index < -0.39 is 17.7 Å². The fraction of sp³-hybridized carbons (Fsp3) is 0.333. The van der Waals surface area contributed by atoms with Crippen LogP contribution in [0.5, 0.6) is 0 Å². The second kappa shape index (κ2) is 5.80. The molecule has 0 fully saturated rings. The number of carbonyl (C=O) groups is 2. The zero-order chi connectivity index (χ0) is 11.1. The third-order valence-electron chi connectivity index (χ3n) is 1.39. The van der Waals surface area contributed by atoms with Crippen LogP contribution in [0.3, 0.4) is 0 Å².